The Balaban J connectivity index is 0. The van der Waals surface area contributed by atoms with Gasteiger partial charge in [0.15, 0.2) is 12.2 Å². The maximum atomic E-state index is 9.77. The van der Waals surface area contributed by atoms with Crippen LogP contribution in [-0.2, 0) is 9.59 Å². The van der Waals surface area contributed by atoms with Gasteiger partial charge < -0.3 is 35.7 Å². The molecule has 0 heterocycles. The van der Waals surface area contributed by atoms with Crippen LogP contribution in [0.4, 0.5) is 0 Å². The van der Waals surface area contributed by atoms with Gasteiger partial charge in [0.25, 0.3) is 0 Å². The highest BCUT2D eigenvalue weighted by atomic mass is 16.4. The van der Waals surface area contributed by atoms with Gasteiger partial charge in [-0.2, -0.15) is 0 Å². The molecule has 0 bridgehead atoms. The predicted octanol–water partition coefficient (Wildman–Crippen LogP) is -3.79. The molecule has 0 aliphatic carbocycles. The zero-order valence-electron chi connectivity index (χ0n) is 8.09. The van der Waals surface area contributed by atoms with Gasteiger partial charge in [0.2, 0.25) is 0 Å². The summed E-state index contributed by atoms with van der Waals surface area (Å²) in [5, 5.41) is 56.5. The van der Waals surface area contributed by atoms with Crippen LogP contribution >= 0.6 is 0 Å². The summed E-state index contributed by atoms with van der Waals surface area (Å²) in [5.41, 5.74) is 0. The quantitative estimate of drug-likeness (QED) is 0.255. The summed E-state index contributed by atoms with van der Waals surface area (Å²) in [4.78, 5) is 19.5. The normalized spacial score (nSPS) is 13.6. The van der Waals surface area contributed by atoms with E-state index in [-0.39, 0.29) is 13.2 Å². The minimum absolute atomic E-state index is 0.365. The Morgan fingerprint density at radius 3 is 1.12 bits per heavy atom. The average molecular weight is 242 g/mol. The van der Waals surface area contributed by atoms with Gasteiger partial charge in [-0.1, -0.05) is 0 Å². The van der Waals surface area contributed by atoms with Crippen molar-refractivity contribution in [1.29, 1.82) is 0 Å². The smallest absolute Gasteiger partial charge is 0.335 e. The molecule has 0 radical (unpaired) electrons. The Bertz CT molecular complexity index is 194. The molecule has 0 aromatic rings. The summed E-state index contributed by atoms with van der Waals surface area (Å²) in [7, 11) is 0. The standard InChI is InChI=1S/C4H6O6.C3H8O3/c5-1(3(7)8)2(6)4(9)10;4-1-3(6)2-5/h1-2,5-6H,(H,7,8)(H,9,10);3-6H,1-2H2. The number of carboxylic acid groups (broad SMARTS) is 2. The van der Waals surface area contributed by atoms with Crippen LogP contribution in [0.15, 0.2) is 0 Å². The van der Waals surface area contributed by atoms with Crippen molar-refractivity contribution in [2.45, 2.75) is 18.3 Å². The third kappa shape index (κ3) is 8.08. The number of carbonyl (C=O) groups is 2. The third-order valence-electron chi connectivity index (χ3n) is 1.23. The van der Waals surface area contributed by atoms with Crippen molar-refractivity contribution in [2.24, 2.45) is 0 Å². The van der Waals surface area contributed by atoms with Gasteiger partial charge in [-0.25, -0.2) is 9.59 Å². The zero-order chi connectivity index (χ0) is 13.3. The van der Waals surface area contributed by atoms with E-state index >= 15 is 0 Å². The second kappa shape index (κ2) is 9.00. The van der Waals surface area contributed by atoms with Gasteiger partial charge in [0.1, 0.15) is 6.10 Å². The molecule has 0 fully saturated rings. The second-order valence-electron chi connectivity index (χ2n) is 2.59. The van der Waals surface area contributed by atoms with Gasteiger partial charge in [0.05, 0.1) is 13.2 Å². The fraction of sp³-hybridized carbons (Fsp3) is 0.714. The van der Waals surface area contributed by atoms with Crippen molar-refractivity contribution < 1.29 is 45.3 Å². The molecule has 96 valence electrons. The molecule has 2 unspecified atom stereocenters. The van der Waals surface area contributed by atoms with Crippen molar-refractivity contribution >= 4 is 11.9 Å². The molecule has 0 spiro atoms. The topological polar surface area (TPSA) is 176 Å². The highest BCUT2D eigenvalue weighted by Crippen LogP contribution is 1.92. The predicted molar refractivity (Wildman–Crippen MR) is 47.5 cm³/mol. The monoisotopic (exact) mass is 242 g/mol. The third-order valence-corrected chi connectivity index (χ3v) is 1.23. The van der Waals surface area contributed by atoms with Crippen molar-refractivity contribution in [3.05, 3.63) is 0 Å². The first kappa shape index (κ1) is 17.1. The summed E-state index contributed by atoms with van der Waals surface area (Å²) < 4.78 is 0. The highest BCUT2D eigenvalue weighted by molar-refractivity contribution is 5.83. The maximum Gasteiger partial charge on any atom is 0.335 e. The minimum Gasteiger partial charge on any atom is -0.479 e. The van der Waals surface area contributed by atoms with E-state index in [0.717, 1.165) is 0 Å². The minimum atomic E-state index is -2.27. The van der Waals surface area contributed by atoms with Gasteiger partial charge >= 0.3 is 11.9 Å². The van der Waals surface area contributed by atoms with E-state index in [1.807, 2.05) is 0 Å². The summed E-state index contributed by atoms with van der Waals surface area (Å²) in [6, 6.07) is 0. The molecule has 0 rings (SSSR count). The molecule has 2 atom stereocenters. The zero-order valence-corrected chi connectivity index (χ0v) is 8.09. The lowest BCUT2D eigenvalue weighted by Gasteiger charge is -2.07. The number of aliphatic hydroxyl groups is 5. The Hall–Kier alpha value is -1.26. The van der Waals surface area contributed by atoms with E-state index in [4.69, 9.17) is 35.7 Å². The van der Waals surface area contributed by atoms with Crippen molar-refractivity contribution in [3.63, 3.8) is 0 Å². The number of hydrogen-bond acceptors (Lipinski definition) is 7. The van der Waals surface area contributed by atoms with Crippen molar-refractivity contribution in [1.82, 2.24) is 0 Å². The van der Waals surface area contributed by atoms with Crippen LogP contribution in [0.3, 0.4) is 0 Å². The SMILES string of the molecule is O=C(O)C(O)C(O)C(=O)O.OCC(O)CO. The van der Waals surface area contributed by atoms with E-state index in [9.17, 15) is 9.59 Å². The van der Waals surface area contributed by atoms with Gasteiger partial charge in [0, 0.05) is 0 Å². The van der Waals surface area contributed by atoms with E-state index < -0.39 is 30.3 Å². The van der Waals surface area contributed by atoms with Crippen LogP contribution in [-0.4, -0.2) is 79.2 Å². The molecule has 7 N–H and O–H groups in total. The van der Waals surface area contributed by atoms with Gasteiger partial charge in [-0.05, 0) is 0 Å². The second-order valence-corrected chi connectivity index (χ2v) is 2.59. The first-order valence-electron chi connectivity index (χ1n) is 3.99. The summed E-state index contributed by atoms with van der Waals surface area (Å²) >= 11 is 0. The summed E-state index contributed by atoms with van der Waals surface area (Å²) in [5.74, 6) is -3.54. The summed E-state index contributed by atoms with van der Waals surface area (Å²) in [6.45, 7) is -0.729. The van der Waals surface area contributed by atoms with E-state index in [1.54, 1.807) is 0 Å². The Kier molecular flexibility index (Phi) is 9.65. The molecule has 0 saturated carbocycles. The van der Waals surface area contributed by atoms with Crippen molar-refractivity contribution in [2.75, 3.05) is 13.2 Å². The first-order valence-corrected chi connectivity index (χ1v) is 3.99. The fourth-order valence-electron chi connectivity index (χ4n) is 0.328. The highest BCUT2D eigenvalue weighted by Gasteiger charge is 2.29. The van der Waals surface area contributed by atoms with Gasteiger partial charge in [-0.15, -0.1) is 0 Å². The summed E-state index contributed by atoms with van der Waals surface area (Å²) in [6.07, 6.45) is -5.49. The van der Waals surface area contributed by atoms with E-state index in [0.29, 0.717) is 0 Å². The fourth-order valence-corrected chi connectivity index (χ4v) is 0.328. The molecule has 0 amide bonds. The van der Waals surface area contributed by atoms with Crippen LogP contribution in [0.25, 0.3) is 0 Å². The Morgan fingerprint density at radius 2 is 1.06 bits per heavy atom. The number of carboxylic acids is 2. The molecule has 0 aliphatic rings. The molecular formula is C7H14O9. The number of rotatable bonds is 5. The molecule has 16 heavy (non-hydrogen) atoms. The largest absolute Gasteiger partial charge is 0.479 e. The van der Waals surface area contributed by atoms with Gasteiger partial charge in [-0.3, -0.25) is 0 Å². The van der Waals surface area contributed by atoms with Crippen LogP contribution in [0.2, 0.25) is 0 Å². The molecule has 0 aromatic heterocycles. The van der Waals surface area contributed by atoms with Crippen LogP contribution in [0, 0.1) is 0 Å². The van der Waals surface area contributed by atoms with Crippen LogP contribution in [0.1, 0.15) is 0 Å². The number of hydrogen-bond donors (Lipinski definition) is 7. The average Bonchev–Trinajstić information content (AvgIpc) is 2.26. The molecule has 0 aromatic carbocycles. The number of aliphatic carboxylic acids is 2. The Morgan fingerprint density at radius 1 is 0.812 bits per heavy atom. The van der Waals surface area contributed by atoms with E-state index in [1.165, 1.54) is 0 Å². The molecule has 0 aliphatic heterocycles. The molecule has 9 nitrogen and oxygen atoms in total. The van der Waals surface area contributed by atoms with Crippen LogP contribution in [0.5, 0.6) is 0 Å². The lowest BCUT2D eigenvalue weighted by molar-refractivity contribution is -0.165. The van der Waals surface area contributed by atoms with Crippen molar-refractivity contribution in [3.8, 4) is 0 Å². The lowest BCUT2D eigenvalue weighted by atomic mass is 10.2. The first-order chi connectivity index (χ1) is 7.27. The molecule has 9 heteroatoms. The van der Waals surface area contributed by atoms with Crippen LogP contribution < -0.4 is 0 Å². The van der Waals surface area contributed by atoms with E-state index in [2.05, 4.69) is 0 Å². The lowest BCUT2D eigenvalue weighted by Crippen LogP contribution is -2.39. The molecule has 0 saturated heterocycles. The Labute approximate surface area is 89.8 Å². The maximum absolute atomic E-state index is 9.77. The number of aliphatic hydroxyl groups excluding tert-OH is 5. The molecular weight excluding hydrogens is 228 g/mol.